The number of phenolic OH excluding ortho intramolecular Hbond substituents is 1. The molecule has 1 aliphatic rings. The maximum atomic E-state index is 13.0. The van der Waals surface area contributed by atoms with Gasteiger partial charge in [0.2, 0.25) is 0 Å². The summed E-state index contributed by atoms with van der Waals surface area (Å²) in [5.74, 6) is 0.0149. The topological polar surface area (TPSA) is 96.3 Å². The standard InChI is InChI=1S/C29H28N4O3/c1-18-7-3-5-9-21(18)17-30-29(36)33-26(20-11-12-20)16-25(32-33)24-14-13-22(15-27(24)34)31-28(35)23-10-6-4-8-19(23)2/h3-10,13-16,20,34H,11-12,17H2,1-2H3,(H,30,36)(H,31,35). The van der Waals surface area contributed by atoms with Crippen LogP contribution in [0, 0.1) is 13.8 Å². The van der Waals surface area contributed by atoms with Gasteiger partial charge >= 0.3 is 6.03 Å². The summed E-state index contributed by atoms with van der Waals surface area (Å²) in [5.41, 5.74) is 5.92. The van der Waals surface area contributed by atoms with Crippen molar-refractivity contribution >= 4 is 17.6 Å². The highest BCUT2D eigenvalue weighted by molar-refractivity contribution is 6.05. The van der Waals surface area contributed by atoms with Gasteiger partial charge < -0.3 is 15.7 Å². The molecule has 1 aromatic heterocycles. The SMILES string of the molecule is Cc1ccccc1CNC(=O)n1nc(-c2ccc(NC(=O)c3ccccc3C)cc2O)cc1C1CC1. The highest BCUT2D eigenvalue weighted by Gasteiger charge is 2.30. The summed E-state index contributed by atoms with van der Waals surface area (Å²) in [4.78, 5) is 25.7. The molecule has 0 aliphatic heterocycles. The van der Waals surface area contributed by atoms with Gasteiger partial charge in [0.15, 0.2) is 0 Å². The van der Waals surface area contributed by atoms with Crippen LogP contribution in [0.25, 0.3) is 11.3 Å². The van der Waals surface area contributed by atoms with Crippen LogP contribution in [0.5, 0.6) is 5.75 Å². The second-order valence-corrected chi connectivity index (χ2v) is 9.23. The molecule has 0 unspecified atom stereocenters. The Bertz CT molecular complexity index is 1450. The molecule has 1 heterocycles. The van der Waals surface area contributed by atoms with Crippen LogP contribution in [0.4, 0.5) is 10.5 Å². The van der Waals surface area contributed by atoms with E-state index in [1.165, 1.54) is 10.7 Å². The summed E-state index contributed by atoms with van der Waals surface area (Å²) in [5, 5.41) is 21.1. The van der Waals surface area contributed by atoms with Crippen molar-refractivity contribution in [2.45, 2.75) is 39.2 Å². The Kier molecular flexibility index (Phi) is 6.29. The number of rotatable bonds is 6. The molecule has 0 atom stereocenters. The number of aromatic nitrogens is 2. The van der Waals surface area contributed by atoms with Crippen LogP contribution in [-0.2, 0) is 6.54 Å². The zero-order valence-electron chi connectivity index (χ0n) is 20.3. The number of amides is 2. The number of carbonyl (C=O) groups is 2. The normalized spacial score (nSPS) is 12.8. The maximum Gasteiger partial charge on any atom is 0.342 e. The zero-order valence-corrected chi connectivity index (χ0v) is 20.3. The molecule has 4 aromatic rings. The average Bonchev–Trinajstić information content (AvgIpc) is 3.62. The first-order valence-corrected chi connectivity index (χ1v) is 12.0. The van der Waals surface area contributed by atoms with Gasteiger partial charge in [0, 0.05) is 35.3 Å². The molecular formula is C29H28N4O3. The molecular weight excluding hydrogens is 452 g/mol. The minimum Gasteiger partial charge on any atom is -0.507 e. The maximum absolute atomic E-state index is 13.0. The van der Waals surface area contributed by atoms with Crippen LogP contribution in [-0.4, -0.2) is 26.8 Å². The van der Waals surface area contributed by atoms with Gasteiger partial charge in [0.25, 0.3) is 5.91 Å². The van der Waals surface area contributed by atoms with Crippen molar-refractivity contribution in [3.63, 3.8) is 0 Å². The van der Waals surface area contributed by atoms with Crippen molar-refractivity contribution in [3.8, 4) is 17.0 Å². The smallest absolute Gasteiger partial charge is 0.342 e. The third kappa shape index (κ3) is 4.86. The fourth-order valence-corrected chi connectivity index (χ4v) is 4.27. The van der Waals surface area contributed by atoms with E-state index in [4.69, 9.17) is 0 Å². The third-order valence-electron chi connectivity index (χ3n) is 6.54. The van der Waals surface area contributed by atoms with E-state index in [1.54, 1.807) is 18.2 Å². The van der Waals surface area contributed by atoms with Crippen molar-refractivity contribution in [1.29, 1.82) is 0 Å². The molecule has 7 heteroatoms. The quantitative estimate of drug-likeness (QED) is 0.327. The lowest BCUT2D eigenvalue weighted by molar-refractivity contribution is 0.102. The zero-order chi connectivity index (χ0) is 25.2. The van der Waals surface area contributed by atoms with Gasteiger partial charge in [-0.25, -0.2) is 4.79 Å². The monoisotopic (exact) mass is 480 g/mol. The molecule has 0 saturated heterocycles. The molecule has 3 aromatic carbocycles. The largest absolute Gasteiger partial charge is 0.507 e. The van der Waals surface area contributed by atoms with Gasteiger partial charge in [-0.3, -0.25) is 4.79 Å². The Balaban J connectivity index is 1.35. The first-order chi connectivity index (χ1) is 17.4. The summed E-state index contributed by atoms with van der Waals surface area (Å²) in [6.45, 7) is 4.30. The Morgan fingerprint density at radius 1 is 0.972 bits per heavy atom. The number of hydrogen-bond donors (Lipinski definition) is 3. The number of aromatic hydroxyl groups is 1. The van der Waals surface area contributed by atoms with Gasteiger partial charge in [-0.15, -0.1) is 0 Å². The predicted octanol–water partition coefficient (Wildman–Crippen LogP) is 5.76. The molecule has 3 N–H and O–H groups in total. The van der Waals surface area contributed by atoms with E-state index in [0.717, 1.165) is 35.2 Å². The van der Waals surface area contributed by atoms with Crippen molar-refractivity contribution in [2.75, 3.05) is 5.32 Å². The lowest BCUT2D eigenvalue weighted by Gasteiger charge is -2.10. The van der Waals surface area contributed by atoms with Crippen molar-refractivity contribution < 1.29 is 14.7 Å². The van der Waals surface area contributed by atoms with Crippen LogP contribution in [0.1, 0.15) is 51.5 Å². The number of anilines is 1. The highest BCUT2D eigenvalue weighted by Crippen LogP contribution is 2.42. The van der Waals surface area contributed by atoms with Crippen molar-refractivity contribution in [2.24, 2.45) is 0 Å². The highest BCUT2D eigenvalue weighted by atomic mass is 16.3. The molecule has 36 heavy (non-hydrogen) atoms. The van der Waals surface area contributed by atoms with Crippen LogP contribution in [0.15, 0.2) is 72.8 Å². The van der Waals surface area contributed by atoms with E-state index in [2.05, 4.69) is 15.7 Å². The van der Waals surface area contributed by atoms with E-state index in [1.807, 2.05) is 62.4 Å². The summed E-state index contributed by atoms with van der Waals surface area (Å²) in [6.07, 6.45) is 2.01. The van der Waals surface area contributed by atoms with Crippen molar-refractivity contribution in [1.82, 2.24) is 15.1 Å². The number of phenols is 1. The Labute approximate surface area is 209 Å². The van der Waals surface area contributed by atoms with Gasteiger partial charge in [-0.2, -0.15) is 9.78 Å². The van der Waals surface area contributed by atoms with E-state index in [9.17, 15) is 14.7 Å². The molecule has 7 nitrogen and oxygen atoms in total. The van der Waals surface area contributed by atoms with E-state index < -0.39 is 0 Å². The molecule has 5 rings (SSSR count). The first-order valence-electron chi connectivity index (χ1n) is 12.0. The predicted molar refractivity (Wildman–Crippen MR) is 139 cm³/mol. The van der Waals surface area contributed by atoms with Crippen LogP contribution in [0.2, 0.25) is 0 Å². The average molecular weight is 481 g/mol. The number of carbonyl (C=O) groups excluding carboxylic acids is 2. The van der Waals surface area contributed by atoms with Crippen LogP contribution < -0.4 is 10.6 Å². The number of nitrogens with zero attached hydrogens (tertiary/aromatic N) is 2. The van der Waals surface area contributed by atoms with E-state index in [-0.39, 0.29) is 23.6 Å². The number of nitrogens with one attached hydrogen (secondary N) is 2. The fraction of sp³-hybridized carbons (Fsp3) is 0.207. The number of benzene rings is 3. The number of hydrogen-bond acceptors (Lipinski definition) is 4. The molecule has 1 fully saturated rings. The minimum atomic E-state index is -0.298. The molecule has 0 bridgehead atoms. The van der Waals surface area contributed by atoms with Gasteiger partial charge in [-0.05, 0) is 67.6 Å². The second kappa shape index (κ2) is 9.70. The Hall–Kier alpha value is -4.39. The first kappa shape index (κ1) is 23.4. The summed E-state index contributed by atoms with van der Waals surface area (Å²) in [7, 11) is 0. The Morgan fingerprint density at radius 3 is 2.39 bits per heavy atom. The minimum absolute atomic E-state index is 0.0232. The lowest BCUT2D eigenvalue weighted by atomic mass is 10.1. The van der Waals surface area contributed by atoms with Crippen LogP contribution in [0.3, 0.4) is 0 Å². The molecule has 1 saturated carbocycles. The van der Waals surface area contributed by atoms with E-state index in [0.29, 0.717) is 29.1 Å². The molecule has 182 valence electrons. The van der Waals surface area contributed by atoms with Crippen molar-refractivity contribution in [3.05, 3.63) is 101 Å². The summed E-state index contributed by atoms with van der Waals surface area (Å²) >= 11 is 0. The summed E-state index contributed by atoms with van der Waals surface area (Å²) in [6, 6.07) is 21.7. The second-order valence-electron chi connectivity index (χ2n) is 9.23. The van der Waals surface area contributed by atoms with Gasteiger partial charge in [0.05, 0.1) is 11.4 Å². The van der Waals surface area contributed by atoms with Gasteiger partial charge in [-0.1, -0.05) is 42.5 Å². The summed E-state index contributed by atoms with van der Waals surface area (Å²) < 4.78 is 1.42. The Morgan fingerprint density at radius 2 is 1.69 bits per heavy atom. The van der Waals surface area contributed by atoms with E-state index >= 15 is 0 Å². The molecule has 0 spiro atoms. The van der Waals surface area contributed by atoms with Gasteiger partial charge in [0.1, 0.15) is 5.75 Å². The van der Waals surface area contributed by atoms with Crippen LogP contribution >= 0.6 is 0 Å². The lowest BCUT2D eigenvalue weighted by Crippen LogP contribution is -2.30. The fourth-order valence-electron chi connectivity index (χ4n) is 4.27. The molecule has 2 amide bonds. The molecule has 1 aliphatic carbocycles. The molecule has 0 radical (unpaired) electrons. The number of aryl methyl sites for hydroxylation is 2. The third-order valence-corrected chi connectivity index (χ3v) is 6.54.